The zero-order valence-electron chi connectivity index (χ0n) is 30.9. The number of hydrogen-bond acceptors (Lipinski definition) is 1. The van der Waals surface area contributed by atoms with E-state index in [9.17, 15) is 0 Å². The van der Waals surface area contributed by atoms with Crippen LogP contribution in [0, 0.1) is 0 Å². The van der Waals surface area contributed by atoms with E-state index in [1.165, 1.54) is 0 Å². The maximum atomic E-state index is 7.21. The molecule has 0 N–H and O–H groups in total. The third-order valence-electron chi connectivity index (χ3n) is 11.5. The molecule has 0 saturated heterocycles. The second-order valence-electron chi connectivity index (χ2n) is 14.4. The van der Waals surface area contributed by atoms with Crippen LogP contribution in [0.2, 0.25) is 0 Å². The number of fused-ring (bicyclic) bond motifs is 6. The van der Waals surface area contributed by atoms with Crippen LogP contribution in [0.3, 0.4) is 0 Å². The molecule has 0 atom stereocenters. The Kier molecular flexibility index (Phi) is 9.16. The first-order valence-corrected chi connectivity index (χ1v) is 17.9. The molecular weight excluding hydrogens is 683 g/mol. The Bertz CT molecular complexity index is 3260. The summed E-state index contributed by atoms with van der Waals surface area (Å²) in [6, 6.07) is 21.9. The van der Waals surface area contributed by atoms with Gasteiger partial charge in [0, 0.05) is 10.8 Å². The molecule has 0 aliphatic rings. The van der Waals surface area contributed by atoms with Crippen molar-refractivity contribution in [3.8, 4) is 33.4 Å². The van der Waals surface area contributed by atoms with Gasteiger partial charge in [0.2, 0.25) is 0 Å². The van der Waals surface area contributed by atoms with Crippen molar-refractivity contribution in [1.82, 2.24) is 0 Å². The fourth-order valence-electron chi connectivity index (χ4n) is 8.52. The zero-order chi connectivity index (χ0) is 41.4. The Morgan fingerprint density at radius 2 is 0.621 bits per heavy atom. The van der Waals surface area contributed by atoms with Crippen molar-refractivity contribution in [3.05, 3.63) is 66.7 Å². The maximum absolute atomic E-state index is 7.21. The Labute approximate surface area is 356 Å². The van der Waals surface area contributed by atoms with Crippen molar-refractivity contribution in [2.75, 3.05) is 0 Å². The predicted octanol–water partition coefficient (Wildman–Crippen LogP) is -6.05. The number of benzene rings is 8. The standard InChI is InChI=1S/C42H11B15O/c43-26-23(31(48)39(56)41-24(26)25-32(49)37(54)38(55)40(57)42(25)58-41)18-21-19(27(44)33(50)35(52)29(21)46)17(20-22(18)30(47)36(53)34(51)28(20)45)16-11-10-13(12-6-2-1-3-7-12)14-8-4-5-9-15(14)16/h1-11H. The second kappa shape index (κ2) is 13.7. The smallest absolute Gasteiger partial charge is 0.127 e. The average molecular weight is 694 g/mol. The summed E-state index contributed by atoms with van der Waals surface area (Å²) in [5.74, 6) is 0. The summed E-state index contributed by atoms with van der Waals surface area (Å²) >= 11 is 0. The summed E-state index contributed by atoms with van der Waals surface area (Å²) < 4.78 is 6.18. The van der Waals surface area contributed by atoms with Crippen molar-refractivity contribution < 1.29 is 4.42 Å². The van der Waals surface area contributed by atoms with E-state index in [1.807, 2.05) is 66.7 Å². The highest BCUT2D eigenvalue weighted by Gasteiger charge is 2.29. The SMILES string of the molecule is [B]c1c([B])c([B])c2c(oc3c([B])c([B])c(-c4c5c([B])c([B])c([B])c([B])c5c(-c5ccc(-c6ccccc6)c6ccccc56)c5c([B])c([B])c([B])c([B])c45)c([B])c32)c1[B]. The summed E-state index contributed by atoms with van der Waals surface area (Å²) in [5.41, 5.74) is 4.17. The fraction of sp³-hybridized carbons (Fsp3) is 0. The maximum Gasteiger partial charge on any atom is 0.127 e. The minimum Gasteiger partial charge on any atom is -0.457 e. The van der Waals surface area contributed by atoms with Crippen LogP contribution in [-0.4, -0.2) is 118 Å². The van der Waals surface area contributed by atoms with Crippen LogP contribution in [0.4, 0.5) is 0 Å². The first-order valence-electron chi connectivity index (χ1n) is 17.9. The van der Waals surface area contributed by atoms with Gasteiger partial charge in [0.05, 0.1) is 0 Å². The Hall–Kier alpha value is -4.69. The highest BCUT2D eigenvalue weighted by Crippen LogP contribution is 2.44. The van der Waals surface area contributed by atoms with E-state index < -0.39 is 0 Å². The molecule has 0 saturated carbocycles. The van der Waals surface area contributed by atoms with Crippen LogP contribution < -0.4 is 81.9 Å². The molecule has 8 aromatic carbocycles. The van der Waals surface area contributed by atoms with E-state index in [0.29, 0.717) is 21.9 Å². The molecule has 230 valence electrons. The van der Waals surface area contributed by atoms with Crippen molar-refractivity contribution in [2.24, 2.45) is 0 Å². The van der Waals surface area contributed by atoms with Crippen molar-refractivity contribution >= 4 is 254 Å². The molecule has 1 nitrogen and oxygen atoms in total. The highest BCUT2D eigenvalue weighted by molar-refractivity contribution is 6.73. The summed E-state index contributed by atoms with van der Waals surface area (Å²) in [6.45, 7) is 0. The van der Waals surface area contributed by atoms with E-state index in [4.69, 9.17) is 122 Å². The average Bonchev–Trinajstić information content (AvgIpc) is 3.65. The third kappa shape index (κ3) is 5.12. The molecule has 1 aromatic heterocycles. The van der Waals surface area contributed by atoms with Crippen LogP contribution in [-0.2, 0) is 0 Å². The Morgan fingerprint density at radius 1 is 0.259 bits per heavy atom. The van der Waals surface area contributed by atoms with Crippen molar-refractivity contribution in [1.29, 1.82) is 0 Å². The molecule has 9 aromatic rings. The molecule has 0 unspecified atom stereocenters. The first-order chi connectivity index (χ1) is 27.6. The second-order valence-corrected chi connectivity index (χ2v) is 14.4. The molecule has 1 heterocycles. The molecule has 16 heteroatoms. The van der Waals surface area contributed by atoms with Gasteiger partial charge in [-0.15, -0.1) is 32.8 Å². The molecule has 30 radical (unpaired) electrons. The topological polar surface area (TPSA) is 13.1 Å². The van der Waals surface area contributed by atoms with Gasteiger partial charge in [-0.05, 0) is 65.7 Å². The highest BCUT2D eigenvalue weighted by atomic mass is 16.3. The minimum atomic E-state index is -0.0307. The molecule has 0 spiro atoms. The third-order valence-corrected chi connectivity index (χ3v) is 11.5. The van der Waals surface area contributed by atoms with Gasteiger partial charge in [-0.25, -0.2) is 0 Å². The molecule has 9 rings (SSSR count). The normalized spacial score (nSPS) is 11.8. The van der Waals surface area contributed by atoms with Crippen LogP contribution in [0.15, 0.2) is 71.1 Å². The van der Waals surface area contributed by atoms with Gasteiger partial charge in [0.1, 0.15) is 129 Å². The van der Waals surface area contributed by atoms with E-state index in [1.54, 1.807) is 0 Å². The Balaban J connectivity index is 1.58. The number of furan rings is 1. The molecule has 0 amide bonds. The lowest BCUT2D eigenvalue weighted by molar-refractivity contribution is 0.675. The van der Waals surface area contributed by atoms with Gasteiger partial charge < -0.3 is 4.42 Å². The van der Waals surface area contributed by atoms with Gasteiger partial charge in [-0.1, -0.05) is 116 Å². The monoisotopic (exact) mass is 696 g/mol. The van der Waals surface area contributed by atoms with E-state index in [-0.39, 0.29) is 126 Å². The first kappa shape index (κ1) is 38.8. The van der Waals surface area contributed by atoms with Crippen molar-refractivity contribution in [2.45, 2.75) is 0 Å². The molecule has 0 aliphatic carbocycles. The predicted molar refractivity (Wildman–Crippen MR) is 263 cm³/mol. The van der Waals surface area contributed by atoms with Crippen LogP contribution in [0.25, 0.3) is 87.6 Å². The largest absolute Gasteiger partial charge is 0.457 e. The summed E-state index contributed by atoms with van der Waals surface area (Å²) in [5, 5.41) is 3.53. The van der Waals surface area contributed by atoms with Gasteiger partial charge in [-0.2, -0.15) is 0 Å². The Morgan fingerprint density at radius 3 is 1.12 bits per heavy atom. The lowest BCUT2D eigenvalue weighted by Gasteiger charge is -2.30. The van der Waals surface area contributed by atoms with Crippen molar-refractivity contribution in [3.63, 3.8) is 0 Å². The van der Waals surface area contributed by atoms with Gasteiger partial charge in [-0.3, -0.25) is 0 Å². The molecule has 0 bridgehead atoms. The van der Waals surface area contributed by atoms with Crippen LogP contribution >= 0.6 is 0 Å². The van der Waals surface area contributed by atoms with Gasteiger partial charge in [0.25, 0.3) is 0 Å². The molecule has 0 aliphatic heterocycles. The van der Waals surface area contributed by atoms with E-state index in [0.717, 1.165) is 21.9 Å². The summed E-state index contributed by atoms with van der Waals surface area (Å²) in [7, 11) is 101. The lowest BCUT2D eigenvalue weighted by Crippen LogP contribution is -2.50. The lowest BCUT2D eigenvalue weighted by atomic mass is 9.58. The van der Waals surface area contributed by atoms with Gasteiger partial charge >= 0.3 is 0 Å². The fourth-order valence-corrected chi connectivity index (χ4v) is 8.52. The number of rotatable bonds is 3. The number of hydrogen-bond donors (Lipinski definition) is 0. The molecule has 58 heavy (non-hydrogen) atoms. The minimum absolute atomic E-state index is 0.00369. The van der Waals surface area contributed by atoms with Gasteiger partial charge in [0.15, 0.2) is 0 Å². The van der Waals surface area contributed by atoms with E-state index in [2.05, 4.69) is 0 Å². The summed E-state index contributed by atoms with van der Waals surface area (Å²) in [6.07, 6.45) is 0. The molecular formula is C42H11B15O. The summed E-state index contributed by atoms with van der Waals surface area (Å²) in [4.78, 5) is 0. The van der Waals surface area contributed by atoms with E-state index >= 15 is 0 Å². The molecule has 0 fully saturated rings. The van der Waals surface area contributed by atoms with Crippen LogP contribution in [0.5, 0.6) is 0 Å². The zero-order valence-corrected chi connectivity index (χ0v) is 30.9. The quantitative estimate of drug-likeness (QED) is 0.133. The van der Waals surface area contributed by atoms with Crippen LogP contribution in [0.1, 0.15) is 0 Å².